The van der Waals surface area contributed by atoms with Crippen molar-refractivity contribution in [1.29, 1.82) is 0 Å². The minimum atomic E-state index is -0.313. The van der Waals surface area contributed by atoms with Gasteiger partial charge in [-0.3, -0.25) is 4.79 Å². The quantitative estimate of drug-likeness (QED) is 0.421. The maximum atomic E-state index is 13.0. The molecule has 0 aromatic heterocycles. The van der Waals surface area contributed by atoms with Crippen LogP contribution in [0.1, 0.15) is 10.4 Å². The third-order valence-corrected chi connectivity index (χ3v) is 4.57. The minimum absolute atomic E-state index is 0.301. The van der Waals surface area contributed by atoms with Crippen molar-refractivity contribution < 1.29 is 19.0 Å². The van der Waals surface area contributed by atoms with E-state index in [0.29, 0.717) is 45.7 Å². The normalized spacial score (nSPS) is 11.9. The number of hydrogen-bond donors (Lipinski definition) is 1. The Labute approximate surface area is 173 Å². The molecule has 1 heterocycles. The molecule has 0 atom stereocenters. The van der Waals surface area contributed by atoms with E-state index in [9.17, 15) is 4.79 Å². The number of ether oxygens (including phenoxy) is 3. The van der Waals surface area contributed by atoms with Crippen LogP contribution in [0.4, 0.5) is 5.69 Å². The van der Waals surface area contributed by atoms with Crippen LogP contribution in [0.5, 0.6) is 34.5 Å². The van der Waals surface area contributed by atoms with Gasteiger partial charge in [0.15, 0.2) is 5.75 Å². The molecule has 0 spiro atoms. The first kappa shape index (κ1) is 17.8. The smallest absolute Gasteiger partial charge is 0.263 e. The summed E-state index contributed by atoms with van der Waals surface area (Å²) in [5.41, 5.74) is 0.894. The molecule has 30 heavy (non-hydrogen) atoms. The van der Waals surface area contributed by atoms with Gasteiger partial charge in [0.1, 0.15) is 34.3 Å². The fourth-order valence-corrected chi connectivity index (χ4v) is 3.21. The van der Waals surface area contributed by atoms with E-state index in [-0.39, 0.29) is 5.91 Å². The molecule has 0 saturated carbocycles. The average Bonchev–Trinajstić information content (AvgIpc) is 2.90. The molecular formula is C25H17NO4. The number of fused-ring (bicyclic) bond motifs is 2. The molecule has 5 nitrogen and oxygen atoms in total. The van der Waals surface area contributed by atoms with Gasteiger partial charge in [-0.2, -0.15) is 0 Å². The monoisotopic (exact) mass is 395 g/mol. The highest BCUT2D eigenvalue weighted by Crippen LogP contribution is 2.43. The second kappa shape index (κ2) is 7.64. The number of hydrogen-bond acceptors (Lipinski definition) is 4. The van der Waals surface area contributed by atoms with E-state index in [4.69, 9.17) is 14.2 Å². The second-order valence-corrected chi connectivity index (χ2v) is 6.68. The van der Waals surface area contributed by atoms with E-state index in [1.165, 1.54) is 0 Å². The Bertz CT molecular complexity index is 1210. The summed E-state index contributed by atoms with van der Waals surface area (Å²) in [7, 11) is 0. The Morgan fingerprint density at radius 2 is 1.27 bits per heavy atom. The second-order valence-electron chi connectivity index (χ2n) is 6.68. The average molecular weight is 395 g/mol. The minimum Gasteiger partial charge on any atom is -0.457 e. The molecule has 5 heteroatoms. The Morgan fingerprint density at radius 1 is 0.633 bits per heavy atom. The van der Waals surface area contributed by atoms with Gasteiger partial charge in [0.25, 0.3) is 5.91 Å². The molecule has 0 aliphatic carbocycles. The maximum Gasteiger partial charge on any atom is 0.263 e. The molecule has 1 N–H and O–H groups in total. The Balaban J connectivity index is 1.62. The zero-order valence-electron chi connectivity index (χ0n) is 15.9. The third kappa shape index (κ3) is 3.56. The van der Waals surface area contributed by atoms with E-state index in [2.05, 4.69) is 5.32 Å². The Hall–Kier alpha value is -4.25. The van der Waals surface area contributed by atoms with Crippen molar-refractivity contribution in [3.8, 4) is 34.5 Å². The van der Waals surface area contributed by atoms with Gasteiger partial charge in [0, 0.05) is 12.1 Å². The van der Waals surface area contributed by atoms with Crippen molar-refractivity contribution in [1.82, 2.24) is 0 Å². The zero-order valence-corrected chi connectivity index (χ0v) is 15.9. The summed E-state index contributed by atoms with van der Waals surface area (Å²) in [6.07, 6.45) is 0. The molecule has 1 aliphatic rings. The first-order valence-electron chi connectivity index (χ1n) is 9.48. The van der Waals surface area contributed by atoms with Crippen LogP contribution in [0.25, 0.3) is 0 Å². The van der Waals surface area contributed by atoms with Crippen LogP contribution in [-0.2, 0) is 0 Å². The van der Waals surface area contributed by atoms with Crippen LogP contribution in [0.3, 0.4) is 0 Å². The first-order chi connectivity index (χ1) is 14.8. The summed E-state index contributed by atoms with van der Waals surface area (Å²) in [5, 5.41) is 2.89. The molecule has 1 aliphatic heterocycles. The maximum absolute atomic E-state index is 13.0. The topological polar surface area (TPSA) is 56.8 Å². The molecule has 146 valence electrons. The van der Waals surface area contributed by atoms with E-state index in [1.807, 2.05) is 72.8 Å². The van der Waals surface area contributed by atoms with Crippen molar-refractivity contribution in [3.05, 3.63) is 103 Å². The van der Waals surface area contributed by atoms with Crippen LogP contribution >= 0.6 is 0 Å². The van der Waals surface area contributed by atoms with E-state index in [1.54, 1.807) is 24.3 Å². The lowest BCUT2D eigenvalue weighted by atomic mass is 10.1. The molecule has 1 amide bonds. The van der Waals surface area contributed by atoms with E-state index in [0.717, 1.165) is 0 Å². The number of carbonyl (C=O) groups excluding carboxylic acids is 1. The van der Waals surface area contributed by atoms with Crippen LogP contribution in [0.15, 0.2) is 97.1 Å². The van der Waals surface area contributed by atoms with Gasteiger partial charge in [-0.1, -0.05) is 48.5 Å². The summed E-state index contributed by atoms with van der Waals surface area (Å²) in [6.45, 7) is 0. The number of amides is 1. The van der Waals surface area contributed by atoms with Gasteiger partial charge in [-0.15, -0.1) is 0 Å². The molecule has 0 saturated heterocycles. The molecule has 0 radical (unpaired) electrons. The highest BCUT2D eigenvalue weighted by Gasteiger charge is 2.26. The first-order valence-corrected chi connectivity index (χ1v) is 9.48. The predicted octanol–water partition coefficient (Wildman–Crippen LogP) is 6.63. The van der Waals surface area contributed by atoms with E-state index >= 15 is 0 Å². The van der Waals surface area contributed by atoms with Gasteiger partial charge >= 0.3 is 0 Å². The number of rotatable bonds is 4. The molecule has 4 aromatic carbocycles. The van der Waals surface area contributed by atoms with Gasteiger partial charge < -0.3 is 19.5 Å². The van der Waals surface area contributed by atoms with Crippen LogP contribution in [0, 0.1) is 0 Å². The number of para-hydroxylation sites is 4. The van der Waals surface area contributed by atoms with Crippen LogP contribution in [-0.4, -0.2) is 5.91 Å². The van der Waals surface area contributed by atoms with Gasteiger partial charge in [0.2, 0.25) is 0 Å². The fraction of sp³-hybridized carbons (Fsp3) is 0. The Kier molecular flexibility index (Phi) is 4.54. The number of benzene rings is 4. The van der Waals surface area contributed by atoms with Gasteiger partial charge in [-0.25, -0.2) is 0 Å². The summed E-state index contributed by atoms with van der Waals surface area (Å²) < 4.78 is 18.1. The summed E-state index contributed by atoms with van der Waals surface area (Å²) in [5.74, 6) is 2.71. The third-order valence-electron chi connectivity index (χ3n) is 4.57. The number of carbonyl (C=O) groups is 1. The van der Waals surface area contributed by atoms with Gasteiger partial charge in [0.05, 0.1) is 5.69 Å². The molecule has 0 bridgehead atoms. The van der Waals surface area contributed by atoms with Crippen molar-refractivity contribution >= 4 is 11.6 Å². The molecule has 0 fully saturated rings. The lowest BCUT2D eigenvalue weighted by molar-refractivity contribution is 0.102. The zero-order chi connectivity index (χ0) is 20.3. The van der Waals surface area contributed by atoms with Crippen LogP contribution in [0.2, 0.25) is 0 Å². The SMILES string of the molecule is O=C1Nc2ccccc2Oc2cc(Oc3ccccc3)cc(Oc3ccccc3)c21. The summed E-state index contributed by atoms with van der Waals surface area (Å²) in [6, 6.07) is 29.3. The molecule has 4 aromatic rings. The molecule has 5 rings (SSSR count). The summed E-state index contributed by atoms with van der Waals surface area (Å²) >= 11 is 0. The number of anilines is 1. The number of nitrogens with one attached hydrogen (secondary N) is 1. The van der Waals surface area contributed by atoms with E-state index < -0.39 is 0 Å². The van der Waals surface area contributed by atoms with Crippen LogP contribution < -0.4 is 19.5 Å². The van der Waals surface area contributed by atoms with Crippen molar-refractivity contribution in [2.75, 3.05) is 5.32 Å². The fourth-order valence-electron chi connectivity index (χ4n) is 3.21. The highest BCUT2D eigenvalue weighted by molar-refractivity contribution is 6.10. The lowest BCUT2D eigenvalue weighted by Gasteiger charge is -2.15. The highest BCUT2D eigenvalue weighted by atomic mass is 16.5. The predicted molar refractivity (Wildman–Crippen MR) is 114 cm³/mol. The molecular weight excluding hydrogens is 378 g/mol. The standard InChI is InChI=1S/C25H17NO4/c27-25-24-22(29-18-11-5-2-6-12-18)15-19(28-17-9-3-1-4-10-17)16-23(24)30-21-14-8-7-13-20(21)26-25/h1-16H,(H,26,27). The van der Waals surface area contributed by atoms with Crippen molar-refractivity contribution in [3.63, 3.8) is 0 Å². The molecule has 0 unspecified atom stereocenters. The Morgan fingerprint density at radius 3 is 2.00 bits per heavy atom. The van der Waals surface area contributed by atoms with Crippen molar-refractivity contribution in [2.24, 2.45) is 0 Å². The van der Waals surface area contributed by atoms with Crippen molar-refractivity contribution in [2.45, 2.75) is 0 Å². The summed E-state index contributed by atoms with van der Waals surface area (Å²) in [4.78, 5) is 13.0. The lowest BCUT2D eigenvalue weighted by Crippen LogP contribution is -2.12. The van der Waals surface area contributed by atoms with Gasteiger partial charge in [-0.05, 0) is 36.4 Å². The largest absolute Gasteiger partial charge is 0.457 e.